The summed E-state index contributed by atoms with van der Waals surface area (Å²) in [4.78, 5) is 24.1. The molecule has 7 heteroatoms. The highest BCUT2D eigenvalue weighted by Crippen LogP contribution is 2.15. The lowest BCUT2D eigenvalue weighted by Crippen LogP contribution is -2.14. The van der Waals surface area contributed by atoms with E-state index in [1.165, 1.54) is 12.4 Å². The van der Waals surface area contributed by atoms with Gasteiger partial charge in [-0.1, -0.05) is 29.8 Å². The van der Waals surface area contributed by atoms with Crippen LogP contribution in [0.1, 0.15) is 27.3 Å². The fourth-order valence-electron chi connectivity index (χ4n) is 2.23. The maximum absolute atomic E-state index is 12.1. The molecule has 0 unspecified atom stereocenters. The molecule has 126 valence electrons. The normalized spacial score (nSPS) is 10.5. The molecule has 0 radical (unpaired) electrons. The lowest BCUT2D eigenvalue weighted by atomic mass is 10.1. The highest BCUT2D eigenvalue weighted by molar-refractivity contribution is 6.30. The minimum atomic E-state index is -0.361. The zero-order chi connectivity index (χ0) is 17.6. The zero-order valence-corrected chi connectivity index (χ0v) is 13.9. The summed E-state index contributed by atoms with van der Waals surface area (Å²) in [6.45, 7) is -0.266. The second-order valence-corrected chi connectivity index (χ2v) is 5.80. The number of carbonyl (C=O) groups excluding carboxylic acids is 1. The Bertz CT molecular complexity index is 867. The number of benzene rings is 1. The number of pyridine rings is 1. The smallest absolute Gasteiger partial charge is 0.259 e. The number of aliphatic hydroxyl groups excluding tert-OH is 1. The van der Waals surface area contributed by atoms with Crippen molar-refractivity contribution in [1.29, 1.82) is 0 Å². The second-order valence-electron chi connectivity index (χ2n) is 5.36. The molecule has 0 fully saturated rings. The summed E-state index contributed by atoms with van der Waals surface area (Å²) in [5, 5.41) is 12.3. The standard InChI is InChI=1S/C18H15ClN4O2/c19-15-3-1-2-12(7-15)6-13-4-5-16(20-8-13)23-18(25)14-9-21-17(11-24)22-10-14/h1-5,7-10,24H,6,11H2,(H,20,23,25). The van der Waals surface area contributed by atoms with E-state index in [0.29, 0.717) is 22.8 Å². The molecule has 0 aliphatic rings. The molecule has 0 saturated carbocycles. The first-order valence-electron chi connectivity index (χ1n) is 7.56. The molecule has 2 N–H and O–H groups in total. The molecule has 1 amide bonds. The van der Waals surface area contributed by atoms with Crippen molar-refractivity contribution in [3.05, 3.63) is 82.5 Å². The number of amides is 1. The van der Waals surface area contributed by atoms with Crippen molar-refractivity contribution in [1.82, 2.24) is 15.0 Å². The third-order valence-electron chi connectivity index (χ3n) is 3.47. The van der Waals surface area contributed by atoms with Crippen LogP contribution in [-0.2, 0) is 13.0 Å². The van der Waals surface area contributed by atoms with E-state index >= 15 is 0 Å². The second kappa shape index (κ2) is 7.83. The Morgan fingerprint density at radius 2 is 1.84 bits per heavy atom. The van der Waals surface area contributed by atoms with Gasteiger partial charge in [-0.25, -0.2) is 15.0 Å². The number of hydrogen-bond donors (Lipinski definition) is 2. The number of hydrogen-bond acceptors (Lipinski definition) is 5. The SMILES string of the molecule is O=C(Nc1ccc(Cc2cccc(Cl)c2)cn1)c1cnc(CO)nc1. The molecule has 25 heavy (non-hydrogen) atoms. The third-order valence-corrected chi connectivity index (χ3v) is 3.71. The monoisotopic (exact) mass is 354 g/mol. The van der Waals surface area contributed by atoms with E-state index in [2.05, 4.69) is 20.3 Å². The third kappa shape index (κ3) is 4.59. The highest BCUT2D eigenvalue weighted by Gasteiger charge is 2.08. The summed E-state index contributed by atoms with van der Waals surface area (Å²) in [6, 6.07) is 11.3. The molecule has 3 aromatic rings. The number of aromatic nitrogens is 3. The van der Waals surface area contributed by atoms with E-state index in [1.54, 1.807) is 12.3 Å². The summed E-state index contributed by atoms with van der Waals surface area (Å²) in [6.07, 6.45) is 5.14. The fourth-order valence-corrected chi connectivity index (χ4v) is 2.44. The molecular weight excluding hydrogens is 340 g/mol. The van der Waals surface area contributed by atoms with Gasteiger partial charge in [-0.05, 0) is 35.7 Å². The van der Waals surface area contributed by atoms with Crippen LogP contribution in [0.25, 0.3) is 0 Å². The van der Waals surface area contributed by atoms with E-state index in [1.807, 2.05) is 30.3 Å². The van der Waals surface area contributed by atoms with Gasteiger partial charge in [0.15, 0.2) is 5.82 Å². The van der Waals surface area contributed by atoms with Crippen LogP contribution in [-0.4, -0.2) is 26.0 Å². The van der Waals surface area contributed by atoms with Gasteiger partial charge in [-0.3, -0.25) is 4.79 Å². The molecule has 0 spiro atoms. The van der Waals surface area contributed by atoms with E-state index < -0.39 is 0 Å². The molecule has 0 aliphatic carbocycles. The number of aliphatic hydroxyl groups is 1. The predicted octanol–water partition coefficient (Wildman–Crippen LogP) is 2.86. The topological polar surface area (TPSA) is 88.0 Å². The summed E-state index contributed by atoms with van der Waals surface area (Å²) >= 11 is 5.98. The minimum absolute atomic E-state index is 0.264. The van der Waals surface area contributed by atoms with Crippen molar-refractivity contribution in [2.45, 2.75) is 13.0 Å². The van der Waals surface area contributed by atoms with Crippen molar-refractivity contribution >= 4 is 23.3 Å². The molecule has 6 nitrogen and oxygen atoms in total. The number of rotatable bonds is 5. The Hall–Kier alpha value is -2.83. The summed E-state index contributed by atoms with van der Waals surface area (Å²) in [5.41, 5.74) is 2.39. The first-order chi connectivity index (χ1) is 12.1. The minimum Gasteiger partial charge on any atom is -0.388 e. The van der Waals surface area contributed by atoms with Crippen LogP contribution in [0.3, 0.4) is 0 Å². The first-order valence-corrected chi connectivity index (χ1v) is 7.94. The van der Waals surface area contributed by atoms with Crippen LogP contribution in [0.15, 0.2) is 55.0 Å². The van der Waals surface area contributed by atoms with Gasteiger partial charge in [0, 0.05) is 23.6 Å². The van der Waals surface area contributed by atoms with Crippen LogP contribution < -0.4 is 5.32 Å². The zero-order valence-electron chi connectivity index (χ0n) is 13.2. The Balaban J connectivity index is 1.64. The first kappa shape index (κ1) is 17.0. The summed E-state index contributed by atoms with van der Waals surface area (Å²) in [5.74, 6) is 0.339. The molecule has 0 bridgehead atoms. The van der Waals surface area contributed by atoms with E-state index in [9.17, 15) is 4.79 Å². The van der Waals surface area contributed by atoms with Crippen molar-refractivity contribution < 1.29 is 9.90 Å². The Kier molecular flexibility index (Phi) is 5.33. The molecule has 3 rings (SSSR count). The lowest BCUT2D eigenvalue weighted by Gasteiger charge is -2.06. The van der Waals surface area contributed by atoms with Gasteiger partial charge in [0.05, 0.1) is 5.56 Å². The van der Waals surface area contributed by atoms with Crippen molar-refractivity contribution in [2.24, 2.45) is 0 Å². The maximum Gasteiger partial charge on any atom is 0.259 e. The lowest BCUT2D eigenvalue weighted by molar-refractivity contribution is 0.102. The van der Waals surface area contributed by atoms with Gasteiger partial charge in [0.2, 0.25) is 0 Å². The molecule has 0 atom stereocenters. The van der Waals surface area contributed by atoms with Gasteiger partial charge >= 0.3 is 0 Å². The van der Waals surface area contributed by atoms with Crippen LogP contribution >= 0.6 is 11.6 Å². The quantitative estimate of drug-likeness (QED) is 0.735. The van der Waals surface area contributed by atoms with Gasteiger partial charge in [0.1, 0.15) is 12.4 Å². The number of halogens is 1. The van der Waals surface area contributed by atoms with Gasteiger partial charge in [-0.15, -0.1) is 0 Å². The molecule has 0 aliphatic heterocycles. The van der Waals surface area contributed by atoms with Gasteiger partial charge < -0.3 is 10.4 Å². The fraction of sp³-hybridized carbons (Fsp3) is 0.111. The van der Waals surface area contributed by atoms with Gasteiger partial charge in [0.25, 0.3) is 5.91 Å². The molecular formula is C18H15ClN4O2. The van der Waals surface area contributed by atoms with E-state index in [0.717, 1.165) is 11.1 Å². The van der Waals surface area contributed by atoms with Crippen LogP contribution in [0.4, 0.5) is 5.82 Å². The van der Waals surface area contributed by atoms with Crippen LogP contribution in [0, 0.1) is 0 Å². The average molecular weight is 355 g/mol. The number of carbonyl (C=O) groups is 1. The van der Waals surface area contributed by atoms with Crippen molar-refractivity contribution in [3.8, 4) is 0 Å². The van der Waals surface area contributed by atoms with E-state index in [4.69, 9.17) is 16.7 Å². The molecule has 2 heterocycles. The molecule has 2 aromatic heterocycles. The van der Waals surface area contributed by atoms with Gasteiger partial charge in [-0.2, -0.15) is 0 Å². The Morgan fingerprint density at radius 3 is 2.48 bits per heavy atom. The number of nitrogens with one attached hydrogen (secondary N) is 1. The Morgan fingerprint density at radius 1 is 1.04 bits per heavy atom. The summed E-state index contributed by atoms with van der Waals surface area (Å²) < 4.78 is 0. The molecule has 1 aromatic carbocycles. The van der Waals surface area contributed by atoms with Crippen molar-refractivity contribution in [3.63, 3.8) is 0 Å². The number of nitrogens with zero attached hydrogens (tertiary/aromatic N) is 3. The average Bonchev–Trinajstić information content (AvgIpc) is 2.63. The largest absolute Gasteiger partial charge is 0.388 e. The Labute approximate surface area is 149 Å². The highest BCUT2D eigenvalue weighted by atomic mass is 35.5. The maximum atomic E-state index is 12.1. The summed E-state index contributed by atoms with van der Waals surface area (Å²) in [7, 11) is 0. The molecule has 0 saturated heterocycles. The predicted molar refractivity (Wildman–Crippen MR) is 94.4 cm³/mol. The number of anilines is 1. The van der Waals surface area contributed by atoms with Crippen LogP contribution in [0.2, 0.25) is 5.02 Å². The van der Waals surface area contributed by atoms with Crippen LogP contribution in [0.5, 0.6) is 0 Å². The van der Waals surface area contributed by atoms with E-state index in [-0.39, 0.29) is 18.3 Å². The van der Waals surface area contributed by atoms with Crippen molar-refractivity contribution in [2.75, 3.05) is 5.32 Å².